The summed E-state index contributed by atoms with van der Waals surface area (Å²) in [5.74, 6) is 1.64. The summed E-state index contributed by atoms with van der Waals surface area (Å²) in [5, 5.41) is 3.08. The number of aromatic nitrogens is 2. The average Bonchev–Trinajstić information content (AvgIpc) is 2.74. The number of rotatable bonds is 4. The number of benzene rings is 1. The Morgan fingerprint density at radius 1 is 1.04 bits per heavy atom. The molecule has 0 spiro atoms. The van der Waals surface area contributed by atoms with Crippen LogP contribution in [-0.4, -0.2) is 71.5 Å². The summed E-state index contributed by atoms with van der Waals surface area (Å²) >= 11 is 0. The second-order valence-corrected chi connectivity index (χ2v) is 6.21. The lowest BCUT2D eigenvalue weighted by molar-refractivity contribution is -0.119. The lowest BCUT2D eigenvalue weighted by atomic mass is 10.2. The van der Waals surface area contributed by atoms with Gasteiger partial charge in [-0.1, -0.05) is 0 Å². The molecule has 1 aromatic heterocycles. The molecule has 0 unspecified atom stereocenters. The largest absolute Gasteiger partial charge is 0.486 e. The fourth-order valence-electron chi connectivity index (χ4n) is 2.97. The maximum atomic E-state index is 12.5. The molecule has 9 heteroatoms. The van der Waals surface area contributed by atoms with E-state index in [9.17, 15) is 9.59 Å². The highest BCUT2D eigenvalue weighted by Gasteiger charge is 2.22. The summed E-state index contributed by atoms with van der Waals surface area (Å²) in [6.07, 6.45) is 3.81. The molecule has 1 N–H and O–H groups in total. The summed E-state index contributed by atoms with van der Waals surface area (Å²) in [4.78, 5) is 35.1. The summed E-state index contributed by atoms with van der Waals surface area (Å²) in [6, 6.07) is 5.50. The van der Waals surface area contributed by atoms with Crippen molar-refractivity contribution in [3.8, 4) is 11.5 Å². The third kappa shape index (κ3) is 3.76. The Balaban J connectivity index is 1.40. The molecule has 2 aliphatic heterocycles. The summed E-state index contributed by atoms with van der Waals surface area (Å²) < 4.78 is 11.0. The van der Waals surface area contributed by atoms with Crippen molar-refractivity contribution >= 4 is 24.0 Å². The predicted octanol–water partition coefficient (Wildman–Crippen LogP) is 0.906. The Bertz CT molecular complexity index is 834. The first-order chi connectivity index (χ1) is 13.2. The highest BCUT2D eigenvalue weighted by atomic mass is 16.6. The van der Waals surface area contributed by atoms with Crippen LogP contribution < -0.4 is 14.8 Å². The van der Waals surface area contributed by atoms with E-state index in [4.69, 9.17) is 9.47 Å². The SMILES string of the molecule is O=CN1CCN(C(=O)c2cnc(Nc3ccc4c(c3)OCCO4)nc2)CC1. The molecule has 2 aliphatic rings. The van der Waals surface area contributed by atoms with Crippen molar-refractivity contribution in [2.24, 2.45) is 0 Å². The Kier molecular flexibility index (Phi) is 4.73. The highest BCUT2D eigenvalue weighted by Crippen LogP contribution is 2.33. The third-order valence-electron chi connectivity index (χ3n) is 4.45. The molecule has 9 nitrogen and oxygen atoms in total. The van der Waals surface area contributed by atoms with Crippen LogP contribution in [0.25, 0.3) is 0 Å². The van der Waals surface area contributed by atoms with E-state index < -0.39 is 0 Å². The average molecular weight is 369 g/mol. The van der Waals surface area contributed by atoms with Crippen molar-refractivity contribution in [1.29, 1.82) is 0 Å². The zero-order valence-corrected chi connectivity index (χ0v) is 14.6. The van der Waals surface area contributed by atoms with Gasteiger partial charge in [0.25, 0.3) is 5.91 Å². The zero-order valence-electron chi connectivity index (χ0n) is 14.6. The number of fused-ring (bicyclic) bond motifs is 1. The Hall–Kier alpha value is -3.36. The summed E-state index contributed by atoms with van der Waals surface area (Å²) in [5.41, 5.74) is 1.19. The Morgan fingerprint density at radius 2 is 1.74 bits per heavy atom. The minimum atomic E-state index is -0.133. The predicted molar refractivity (Wildman–Crippen MR) is 96.3 cm³/mol. The van der Waals surface area contributed by atoms with Crippen molar-refractivity contribution < 1.29 is 19.1 Å². The molecule has 1 aromatic carbocycles. The monoisotopic (exact) mass is 369 g/mol. The summed E-state index contributed by atoms with van der Waals surface area (Å²) in [7, 11) is 0. The van der Waals surface area contributed by atoms with Crippen molar-refractivity contribution in [3.05, 3.63) is 36.2 Å². The molecule has 1 fully saturated rings. The number of nitrogens with one attached hydrogen (secondary N) is 1. The first-order valence-corrected chi connectivity index (χ1v) is 8.70. The van der Waals surface area contributed by atoms with E-state index in [1.807, 2.05) is 18.2 Å². The van der Waals surface area contributed by atoms with Crippen molar-refractivity contribution in [3.63, 3.8) is 0 Å². The molecule has 140 valence electrons. The van der Waals surface area contributed by atoms with Crippen LogP contribution in [0.5, 0.6) is 11.5 Å². The standard InChI is InChI=1S/C18H19N5O4/c24-12-22-3-5-23(6-4-22)17(25)13-10-19-18(20-11-13)21-14-1-2-15-16(9-14)27-8-7-26-15/h1-2,9-12H,3-8H2,(H,19,20,21). The van der Waals surface area contributed by atoms with E-state index in [2.05, 4.69) is 15.3 Å². The van der Waals surface area contributed by atoms with Gasteiger partial charge in [-0.05, 0) is 12.1 Å². The first kappa shape index (κ1) is 17.1. The normalized spacial score (nSPS) is 16.0. The fraction of sp³-hybridized carbons (Fsp3) is 0.333. The highest BCUT2D eigenvalue weighted by molar-refractivity contribution is 5.93. The van der Waals surface area contributed by atoms with E-state index in [1.165, 1.54) is 12.4 Å². The van der Waals surface area contributed by atoms with Crippen LogP contribution in [0.1, 0.15) is 10.4 Å². The van der Waals surface area contributed by atoms with Gasteiger partial charge >= 0.3 is 0 Å². The number of carbonyl (C=O) groups is 2. The third-order valence-corrected chi connectivity index (χ3v) is 4.45. The number of nitrogens with zero attached hydrogens (tertiary/aromatic N) is 4. The quantitative estimate of drug-likeness (QED) is 0.800. The van der Waals surface area contributed by atoms with Gasteiger partial charge < -0.3 is 24.6 Å². The molecule has 2 aromatic rings. The second-order valence-electron chi connectivity index (χ2n) is 6.21. The van der Waals surface area contributed by atoms with E-state index in [0.717, 1.165) is 12.1 Å². The van der Waals surface area contributed by atoms with Crippen molar-refractivity contribution in [2.75, 3.05) is 44.7 Å². The molecule has 0 saturated carbocycles. The maximum absolute atomic E-state index is 12.5. The molecule has 0 aliphatic carbocycles. The number of piperazine rings is 1. The zero-order chi connectivity index (χ0) is 18.6. The van der Waals surface area contributed by atoms with Crippen LogP contribution in [0.15, 0.2) is 30.6 Å². The number of ether oxygens (including phenoxy) is 2. The minimum Gasteiger partial charge on any atom is -0.486 e. The van der Waals surface area contributed by atoms with Gasteiger partial charge in [-0.15, -0.1) is 0 Å². The van der Waals surface area contributed by atoms with Gasteiger partial charge in [-0.2, -0.15) is 0 Å². The Labute approximate surface area is 155 Å². The lowest BCUT2D eigenvalue weighted by Gasteiger charge is -2.32. The molecule has 27 heavy (non-hydrogen) atoms. The van der Waals surface area contributed by atoms with E-state index in [0.29, 0.717) is 62.4 Å². The number of amides is 2. The molecular weight excluding hydrogens is 350 g/mol. The number of carbonyl (C=O) groups excluding carboxylic acids is 2. The topological polar surface area (TPSA) is 96.9 Å². The molecular formula is C18H19N5O4. The maximum Gasteiger partial charge on any atom is 0.257 e. The van der Waals surface area contributed by atoms with Gasteiger partial charge in [0.2, 0.25) is 12.4 Å². The fourth-order valence-corrected chi connectivity index (χ4v) is 2.97. The number of hydrogen-bond acceptors (Lipinski definition) is 7. The van der Waals surface area contributed by atoms with Crippen LogP contribution in [-0.2, 0) is 4.79 Å². The molecule has 0 atom stereocenters. The van der Waals surface area contributed by atoms with Crippen LogP contribution in [0.2, 0.25) is 0 Å². The van der Waals surface area contributed by atoms with E-state index in [1.54, 1.807) is 9.80 Å². The van der Waals surface area contributed by atoms with Gasteiger partial charge in [0.1, 0.15) is 13.2 Å². The van der Waals surface area contributed by atoms with Crippen LogP contribution in [0.4, 0.5) is 11.6 Å². The molecule has 2 amide bonds. The number of hydrogen-bond donors (Lipinski definition) is 1. The Morgan fingerprint density at radius 3 is 2.44 bits per heavy atom. The molecule has 0 bridgehead atoms. The van der Waals surface area contributed by atoms with Crippen LogP contribution >= 0.6 is 0 Å². The van der Waals surface area contributed by atoms with Gasteiger partial charge in [-0.3, -0.25) is 9.59 Å². The molecule has 0 radical (unpaired) electrons. The van der Waals surface area contributed by atoms with Crippen LogP contribution in [0.3, 0.4) is 0 Å². The minimum absolute atomic E-state index is 0.133. The molecule has 3 heterocycles. The molecule has 1 saturated heterocycles. The lowest BCUT2D eigenvalue weighted by Crippen LogP contribution is -2.48. The summed E-state index contributed by atoms with van der Waals surface area (Å²) in [6.45, 7) is 3.16. The van der Waals surface area contributed by atoms with Gasteiger partial charge in [0.05, 0.1) is 5.56 Å². The van der Waals surface area contributed by atoms with Crippen LogP contribution in [0, 0.1) is 0 Å². The van der Waals surface area contributed by atoms with Gasteiger partial charge in [-0.25, -0.2) is 9.97 Å². The second kappa shape index (κ2) is 7.48. The van der Waals surface area contributed by atoms with E-state index in [-0.39, 0.29) is 5.91 Å². The number of anilines is 2. The first-order valence-electron chi connectivity index (χ1n) is 8.70. The van der Waals surface area contributed by atoms with Crippen molar-refractivity contribution in [2.45, 2.75) is 0 Å². The van der Waals surface area contributed by atoms with Gasteiger partial charge in [0, 0.05) is 50.3 Å². The smallest absolute Gasteiger partial charge is 0.257 e. The molecule has 4 rings (SSSR count). The van der Waals surface area contributed by atoms with Gasteiger partial charge in [0.15, 0.2) is 11.5 Å². The van der Waals surface area contributed by atoms with Crippen molar-refractivity contribution in [1.82, 2.24) is 19.8 Å². The van der Waals surface area contributed by atoms with E-state index >= 15 is 0 Å².